The Labute approximate surface area is 121 Å². The van der Waals surface area contributed by atoms with Gasteiger partial charge in [0.15, 0.2) is 0 Å². The SMILES string of the molecule is CC(CCO)CNCc1ccc(N2CCOCC2)cc1. The highest BCUT2D eigenvalue weighted by atomic mass is 16.5. The van der Waals surface area contributed by atoms with E-state index >= 15 is 0 Å². The second kappa shape index (κ2) is 8.25. The summed E-state index contributed by atoms with van der Waals surface area (Å²) >= 11 is 0. The Bertz CT molecular complexity index is 375. The second-order valence-electron chi connectivity index (χ2n) is 5.51. The number of hydrogen-bond acceptors (Lipinski definition) is 4. The van der Waals surface area contributed by atoms with Crippen LogP contribution in [-0.4, -0.2) is 44.6 Å². The summed E-state index contributed by atoms with van der Waals surface area (Å²) in [5, 5.41) is 12.3. The van der Waals surface area contributed by atoms with Crippen LogP contribution in [0.4, 0.5) is 5.69 Å². The molecular formula is C16H26N2O2. The molecule has 0 amide bonds. The third kappa shape index (κ3) is 4.78. The molecule has 0 aromatic heterocycles. The maximum Gasteiger partial charge on any atom is 0.0642 e. The third-order valence-corrected chi connectivity index (χ3v) is 3.76. The molecule has 1 aromatic rings. The largest absolute Gasteiger partial charge is 0.396 e. The predicted molar refractivity (Wildman–Crippen MR) is 82.0 cm³/mol. The van der Waals surface area contributed by atoms with Gasteiger partial charge in [-0.2, -0.15) is 0 Å². The molecule has 0 aliphatic carbocycles. The Balaban J connectivity index is 1.76. The predicted octanol–water partition coefficient (Wildman–Crippen LogP) is 1.63. The molecule has 2 rings (SSSR count). The summed E-state index contributed by atoms with van der Waals surface area (Å²) in [7, 11) is 0. The summed E-state index contributed by atoms with van der Waals surface area (Å²) in [5.41, 5.74) is 2.59. The number of anilines is 1. The van der Waals surface area contributed by atoms with Crippen LogP contribution < -0.4 is 10.2 Å². The number of nitrogens with zero attached hydrogens (tertiary/aromatic N) is 1. The lowest BCUT2D eigenvalue weighted by atomic mass is 10.1. The van der Waals surface area contributed by atoms with Gasteiger partial charge in [-0.25, -0.2) is 0 Å². The molecule has 1 fully saturated rings. The summed E-state index contributed by atoms with van der Waals surface area (Å²) < 4.78 is 5.37. The van der Waals surface area contributed by atoms with E-state index in [9.17, 15) is 0 Å². The molecule has 4 heteroatoms. The van der Waals surface area contributed by atoms with Crippen LogP contribution in [0.1, 0.15) is 18.9 Å². The lowest BCUT2D eigenvalue weighted by Gasteiger charge is -2.28. The van der Waals surface area contributed by atoms with Crippen molar-refractivity contribution in [2.24, 2.45) is 5.92 Å². The summed E-state index contributed by atoms with van der Waals surface area (Å²) in [6, 6.07) is 8.77. The topological polar surface area (TPSA) is 44.7 Å². The number of aliphatic hydroxyl groups excluding tert-OH is 1. The number of ether oxygens (including phenoxy) is 1. The molecule has 1 saturated heterocycles. The average Bonchev–Trinajstić information content (AvgIpc) is 2.49. The van der Waals surface area contributed by atoms with Gasteiger partial charge in [0.2, 0.25) is 0 Å². The number of hydrogen-bond donors (Lipinski definition) is 2. The first-order valence-electron chi connectivity index (χ1n) is 7.53. The minimum absolute atomic E-state index is 0.275. The Morgan fingerprint density at radius 1 is 1.25 bits per heavy atom. The van der Waals surface area contributed by atoms with E-state index in [4.69, 9.17) is 9.84 Å². The molecule has 2 N–H and O–H groups in total. The van der Waals surface area contributed by atoms with Gasteiger partial charge in [-0.3, -0.25) is 0 Å². The van der Waals surface area contributed by atoms with Crippen molar-refractivity contribution in [1.82, 2.24) is 5.32 Å². The van der Waals surface area contributed by atoms with Gasteiger partial charge >= 0.3 is 0 Å². The van der Waals surface area contributed by atoms with Gasteiger partial charge in [0.1, 0.15) is 0 Å². The molecule has 1 aliphatic heterocycles. The summed E-state index contributed by atoms with van der Waals surface area (Å²) in [4.78, 5) is 2.37. The van der Waals surface area contributed by atoms with Crippen LogP contribution in [0, 0.1) is 5.92 Å². The number of nitrogens with one attached hydrogen (secondary N) is 1. The third-order valence-electron chi connectivity index (χ3n) is 3.76. The molecule has 0 bridgehead atoms. The summed E-state index contributed by atoms with van der Waals surface area (Å²) in [6.45, 7) is 7.89. The molecule has 1 unspecified atom stereocenters. The Morgan fingerprint density at radius 2 is 1.95 bits per heavy atom. The normalized spacial score (nSPS) is 17.2. The lowest BCUT2D eigenvalue weighted by molar-refractivity contribution is 0.122. The standard InChI is InChI=1S/C16H26N2O2/c1-14(6-9-19)12-17-13-15-2-4-16(5-3-15)18-7-10-20-11-8-18/h2-5,14,17,19H,6-13H2,1H3. The van der Waals surface area contributed by atoms with Crippen molar-refractivity contribution in [3.05, 3.63) is 29.8 Å². The molecule has 0 spiro atoms. The van der Waals surface area contributed by atoms with Crippen LogP contribution in [0.15, 0.2) is 24.3 Å². The van der Waals surface area contributed by atoms with E-state index < -0.39 is 0 Å². The maximum atomic E-state index is 8.87. The average molecular weight is 278 g/mol. The van der Waals surface area contributed by atoms with E-state index in [1.54, 1.807) is 0 Å². The van der Waals surface area contributed by atoms with Gasteiger partial charge in [-0.15, -0.1) is 0 Å². The maximum absolute atomic E-state index is 8.87. The van der Waals surface area contributed by atoms with Gasteiger partial charge in [-0.1, -0.05) is 19.1 Å². The van der Waals surface area contributed by atoms with E-state index in [-0.39, 0.29) is 6.61 Å². The minimum Gasteiger partial charge on any atom is -0.396 e. The molecule has 0 saturated carbocycles. The van der Waals surface area contributed by atoms with Crippen LogP contribution >= 0.6 is 0 Å². The van der Waals surface area contributed by atoms with Crippen LogP contribution in [0.3, 0.4) is 0 Å². The highest BCUT2D eigenvalue weighted by molar-refractivity contribution is 5.47. The number of aliphatic hydroxyl groups is 1. The summed E-state index contributed by atoms with van der Waals surface area (Å²) in [5.74, 6) is 0.521. The zero-order chi connectivity index (χ0) is 14.2. The first-order chi connectivity index (χ1) is 9.79. The van der Waals surface area contributed by atoms with E-state index in [0.717, 1.165) is 45.8 Å². The molecule has 1 aromatic carbocycles. The van der Waals surface area contributed by atoms with E-state index in [0.29, 0.717) is 5.92 Å². The first kappa shape index (κ1) is 15.3. The van der Waals surface area contributed by atoms with Crippen molar-refractivity contribution in [2.45, 2.75) is 19.9 Å². The molecule has 0 radical (unpaired) electrons. The van der Waals surface area contributed by atoms with Crippen LogP contribution in [0.25, 0.3) is 0 Å². The van der Waals surface area contributed by atoms with Gasteiger partial charge in [-0.05, 0) is 36.6 Å². The van der Waals surface area contributed by atoms with Crippen molar-refractivity contribution < 1.29 is 9.84 Å². The zero-order valence-corrected chi connectivity index (χ0v) is 12.3. The fraction of sp³-hybridized carbons (Fsp3) is 0.625. The Morgan fingerprint density at radius 3 is 2.60 bits per heavy atom. The second-order valence-corrected chi connectivity index (χ2v) is 5.51. The van der Waals surface area contributed by atoms with Crippen molar-refractivity contribution in [1.29, 1.82) is 0 Å². The van der Waals surface area contributed by atoms with E-state index in [1.807, 2.05) is 0 Å². The fourth-order valence-electron chi connectivity index (χ4n) is 2.43. The molecule has 1 heterocycles. The molecule has 112 valence electrons. The smallest absolute Gasteiger partial charge is 0.0642 e. The van der Waals surface area contributed by atoms with Gasteiger partial charge < -0.3 is 20.1 Å². The van der Waals surface area contributed by atoms with E-state index in [1.165, 1.54) is 11.3 Å². The van der Waals surface area contributed by atoms with Crippen molar-refractivity contribution in [3.63, 3.8) is 0 Å². The minimum atomic E-state index is 0.275. The van der Waals surface area contributed by atoms with Crippen molar-refractivity contribution >= 4 is 5.69 Å². The number of morpholine rings is 1. The zero-order valence-electron chi connectivity index (χ0n) is 12.3. The van der Waals surface area contributed by atoms with E-state index in [2.05, 4.69) is 41.4 Å². The molecule has 1 atom stereocenters. The molecule has 20 heavy (non-hydrogen) atoms. The highest BCUT2D eigenvalue weighted by Gasteiger charge is 2.10. The van der Waals surface area contributed by atoms with Crippen LogP contribution in [-0.2, 0) is 11.3 Å². The van der Waals surface area contributed by atoms with Crippen molar-refractivity contribution in [3.8, 4) is 0 Å². The quantitative estimate of drug-likeness (QED) is 0.796. The van der Waals surface area contributed by atoms with Crippen LogP contribution in [0.5, 0.6) is 0 Å². The van der Waals surface area contributed by atoms with Gasteiger partial charge in [0.05, 0.1) is 13.2 Å². The van der Waals surface area contributed by atoms with Crippen molar-refractivity contribution in [2.75, 3.05) is 44.4 Å². The Hall–Kier alpha value is -1.10. The summed E-state index contributed by atoms with van der Waals surface area (Å²) in [6.07, 6.45) is 0.864. The highest BCUT2D eigenvalue weighted by Crippen LogP contribution is 2.16. The lowest BCUT2D eigenvalue weighted by Crippen LogP contribution is -2.36. The molecule has 4 nitrogen and oxygen atoms in total. The monoisotopic (exact) mass is 278 g/mol. The number of benzene rings is 1. The fourth-order valence-corrected chi connectivity index (χ4v) is 2.43. The molecule has 1 aliphatic rings. The van der Waals surface area contributed by atoms with Gasteiger partial charge in [0.25, 0.3) is 0 Å². The first-order valence-corrected chi connectivity index (χ1v) is 7.53. The van der Waals surface area contributed by atoms with Gasteiger partial charge in [0, 0.05) is 31.9 Å². The van der Waals surface area contributed by atoms with Crippen LogP contribution in [0.2, 0.25) is 0 Å². The molecular weight excluding hydrogens is 252 g/mol. The number of rotatable bonds is 7. The Kier molecular flexibility index (Phi) is 6.30.